The summed E-state index contributed by atoms with van der Waals surface area (Å²) in [5.74, 6) is 1.23. The van der Waals surface area contributed by atoms with E-state index in [1.807, 2.05) is 6.92 Å². The van der Waals surface area contributed by atoms with Gasteiger partial charge < -0.3 is 4.74 Å². The molecule has 2 saturated heterocycles. The molecule has 4 rings (SSSR count). The summed E-state index contributed by atoms with van der Waals surface area (Å²) in [6, 6.07) is 0.226. The first kappa shape index (κ1) is 18.2. The fraction of sp³-hybridized carbons (Fsp3) is 0.818. The van der Waals surface area contributed by atoms with Crippen LogP contribution in [-0.4, -0.2) is 41.9 Å². The number of Topliss-reactive ketones (excluding diaryl/α,β-unsaturated/α-hetero) is 1. The van der Waals surface area contributed by atoms with Gasteiger partial charge in [0.05, 0.1) is 5.92 Å². The van der Waals surface area contributed by atoms with Gasteiger partial charge in [-0.05, 0) is 50.4 Å². The second-order valence-corrected chi connectivity index (χ2v) is 9.78. The summed E-state index contributed by atoms with van der Waals surface area (Å²) in [7, 11) is 0. The quantitative estimate of drug-likeness (QED) is 0.558. The Morgan fingerprint density at radius 1 is 1.31 bits per heavy atom. The van der Waals surface area contributed by atoms with Gasteiger partial charge in [0.15, 0.2) is 0 Å². The van der Waals surface area contributed by atoms with Crippen LogP contribution in [0.25, 0.3) is 0 Å². The van der Waals surface area contributed by atoms with E-state index < -0.39 is 0 Å². The van der Waals surface area contributed by atoms with Gasteiger partial charge in [-0.15, -0.1) is 0 Å². The highest BCUT2D eigenvalue weighted by Gasteiger charge is 2.55. The van der Waals surface area contributed by atoms with Gasteiger partial charge in [0.2, 0.25) is 0 Å². The molecule has 0 radical (unpaired) electrons. The zero-order valence-corrected chi connectivity index (χ0v) is 16.5. The van der Waals surface area contributed by atoms with Crippen LogP contribution in [0.5, 0.6) is 0 Å². The third-order valence-electron chi connectivity index (χ3n) is 7.93. The molecule has 4 aliphatic rings. The molecule has 2 heterocycles. The molecular formula is C22H33NO3. The lowest BCUT2D eigenvalue weighted by Gasteiger charge is -2.50. The number of fused-ring (bicyclic) bond motifs is 2. The van der Waals surface area contributed by atoms with Crippen LogP contribution in [0.2, 0.25) is 0 Å². The second kappa shape index (κ2) is 6.47. The second-order valence-electron chi connectivity index (χ2n) is 9.78. The Morgan fingerprint density at radius 2 is 2.08 bits per heavy atom. The minimum Gasteiger partial charge on any atom is -0.462 e. The van der Waals surface area contributed by atoms with Crippen molar-refractivity contribution in [3.8, 4) is 0 Å². The van der Waals surface area contributed by atoms with Crippen LogP contribution < -0.4 is 0 Å². The standard InChI is InChI=1S/C22H33NO3/c1-13-6-5-7-22(4)10-20-16(9-18(13)22)17(21(25)26-20)12-23-11-14(2)19(24)8-15(23)3/h14-18,20H,1,5-12H2,2-4H3/t14-,15+,16-,17+,18-,20+,22+/m1/s1. The average molecular weight is 360 g/mol. The molecule has 0 spiro atoms. The summed E-state index contributed by atoms with van der Waals surface area (Å²) in [5, 5.41) is 0. The summed E-state index contributed by atoms with van der Waals surface area (Å²) in [6.45, 7) is 12.4. The van der Waals surface area contributed by atoms with E-state index in [2.05, 4.69) is 25.3 Å². The minimum atomic E-state index is -0.0397. The predicted molar refractivity (Wildman–Crippen MR) is 101 cm³/mol. The van der Waals surface area contributed by atoms with Crippen LogP contribution in [-0.2, 0) is 14.3 Å². The maximum atomic E-state index is 12.7. The van der Waals surface area contributed by atoms with Crippen molar-refractivity contribution in [1.29, 1.82) is 0 Å². The zero-order valence-electron chi connectivity index (χ0n) is 16.5. The molecule has 4 nitrogen and oxygen atoms in total. The Labute approximate surface area is 157 Å². The molecule has 4 heteroatoms. The molecule has 0 amide bonds. The van der Waals surface area contributed by atoms with Crippen molar-refractivity contribution in [2.45, 2.75) is 71.4 Å². The third kappa shape index (κ3) is 2.94. The SMILES string of the molecule is C=C1CCC[C@@]2(C)C[C@@H]3OC(=O)[C@@H](CN4C[C@@H](C)C(=O)C[C@@H]4C)[C@H]3C[C@H]12. The number of carbonyl (C=O) groups is 2. The summed E-state index contributed by atoms with van der Waals surface area (Å²) in [4.78, 5) is 27.1. The lowest BCUT2D eigenvalue weighted by molar-refractivity contribution is -0.146. The first-order chi connectivity index (χ1) is 12.3. The third-order valence-corrected chi connectivity index (χ3v) is 7.93. The number of ether oxygens (including phenoxy) is 1. The van der Waals surface area contributed by atoms with Gasteiger partial charge in [-0.1, -0.05) is 26.0 Å². The molecule has 0 unspecified atom stereocenters. The van der Waals surface area contributed by atoms with Crippen LogP contribution in [0, 0.1) is 29.1 Å². The van der Waals surface area contributed by atoms with Gasteiger partial charge in [0, 0.05) is 37.4 Å². The van der Waals surface area contributed by atoms with Crippen molar-refractivity contribution < 1.29 is 14.3 Å². The Bertz CT molecular complexity index is 629. The number of esters is 1. The molecule has 2 aliphatic heterocycles. The Hall–Kier alpha value is -1.16. The molecule has 0 aromatic rings. The number of piperidine rings is 1. The topological polar surface area (TPSA) is 46.6 Å². The Balaban J connectivity index is 1.51. The number of hydrogen-bond acceptors (Lipinski definition) is 4. The van der Waals surface area contributed by atoms with Gasteiger partial charge >= 0.3 is 5.97 Å². The number of rotatable bonds is 2. The van der Waals surface area contributed by atoms with Gasteiger partial charge in [0.25, 0.3) is 0 Å². The smallest absolute Gasteiger partial charge is 0.310 e. The lowest BCUT2D eigenvalue weighted by atomic mass is 9.55. The molecule has 2 saturated carbocycles. The maximum absolute atomic E-state index is 12.7. The van der Waals surface area contributed by atoms with Crippen LogP contribution in [0.1, 0.15) is 59.3 Å². The summed E-state index contributed by atoms with van der Waals surface area (Å²) >= 11 is 0. The molecule has 144 valence electrons. The summed E-state index contributed by atoms with van der Waals surface area (Å²) in [6.07, 6.45) is 6.32. The predicted octanol–water partition coefficient (Wildman–Crippen LogP) is 3.60. The largest absolute Gasteiger partial charge is 0.462 e. The minimum absolute atomic E-state index is 0.00962. The van der Waals surface area contributed by atoms with E-state index in [1.165, 1.54) is 18.4 Å². The van der Waals surface area contributed by atoms with Crippen molar-refractivity contribution in [3.05, 3.63) is 12.2 Å². The normalized spacial score (nSPS) is 46.7. The summed E-state index contributed by atoms with van der Waals surface area (Å²) < 4.78 is 5.89. The van der Waals surface area contributed by atoms with Crippen LogP contribution in [0.15, 0.2) is 12.2 Å². The number of allylic oxidation sites excluding steroid dienone is 1. The highest BCUT2D eigenvalue weighted by Crippen LogP contribution is 2.57. The van der Waals surface area contributed by atoms with Crippen LogP contribution in [0.3, 0.4) is 0 Å². The highest BCUT2D eigenvalue weighted by molar-refractivity contribution is 5.82. The van der Waals surface area contributed by atoms with E-state index in [4.69, 9.17) is 4.74 Å². The number of likely N-dealkylation sites (tertiary alicyclic amines) is 1. The van der Waals surface area contributed by atoms with Crippen molar-refractivity contribution in [2.24, 2.45) is 29.1 Å². The number of nitrogens with zero attached hydrogens (tertiary/aromatic N) is 1. The molecule has 0 aromatic heterocycles. The molecule has 0 aromatic carbocycles. The Morgan fingerprint density at radius 3 is 2.85 bits per heavy atom. The molecule has 0 N–H and O–H groups in total. The van der Waals surface area contributed by atoms with Gasteiger partial charge in [-0.2, -0.15) is 0 Å². The Kier molecular flexibility index (Phi) is 4.53. The fourth-order valence-corrected chi connectivity index (χ4v) is 6.23. The monoisotopic (exact) mass is 359 g/mol. The van der Waals surface area contributed by atoms with Gasteiger partial charge in [-0.25, -0.2) is 0 Å². The van der Waals surface area contributed by atoms with E-state index >= 15 is 0 Å². The number of ketones is 1. The van der Waals surface area contributed by atoms with Crippen molar-refractivity contribution >= 4 is 11.8 Å². The molecule has 4 fully saturated rings. The molecule has 26 heavy (non-hydrogen) atoms. The van der Waals surface area contributed by atoms with Gasteiger partial charge in [0.1, 0.15) is 11.9 Å². The maximum Gasteiger partial charge on any atom is 0.310 e. The van der Waals surface area contributed by atoms with Crippen LogP contribution in [0.4, 0.5) is 0 Å². The van der Waals surface area contributed by atoms with E-state index in [0.29, 0.717) is 24.0 Å². The van der Waals surface area contributed by atoms with E-state index in [1.54, 1.807) is 0 Å². The van der Waals surface area contributed by atoms with E-state index in [0.717, 1.165) is 32.4 Å². The van der Waals surface area contributed by atoms with E-state index in [9.17, 15) is 9.59 Å². The van der Waals surface area contributed by atoms with E-state index in [-0.39, 0.29) is 35.4 Å². The van der Waals surface area contributed by atoms with Gasteiger partial charge in [-0.3, -0.25) is 14.5 Å². The first-order valence-corrected chi connectivity index (χ1v) is 10.4. The van der Waals surface area contributed by atoms with Crippen LogP contribution >= 0.6 is 0 Å². The van der Waals surface area contributed by atoms with Crippen molar-refractivity contribution in [1.82, 2.24) is 4.90 Å². The van der Waals surface area contributed by atoms with Crippen molar-refractivity contribution in [2.75, 3.05) is 13.1 Å². The molecule has 0 bridgehead atoms. The molecule has 7 atom stereocenters. The summed E-state index contributed by atoms with van der Waals surface area (Å²) in [5.41, 5.74) is 1.64. The average Bonchev–Trinajstić information content (AvgIpc) is 2.85. The lowest BCUT2D eigenvalue weighted by Crippen LogP contribution is -2.50. The highest BCUT2D eigenvalue weighted by atomic mass is 16.6. The zero-order chi connectivity index (χ0) is 18.6. The first-order valence-electron chi connectivity index (χ1n) is 10.4. The molecular weight excluding hydrogens is 326 g/mol. The van der Waals surface area contributed by atoms with Crippen molar-refractivity contribution in [3.63, 3.8) is 0 Å². The molecule has 2 aliphatic carbocycles. The fourth-order valence-electron chi connectivity index (χ4n) is 6.23. The number of hydrogen-bond donors (Lipinski definition) is 0. The number of carbonyl (C=O) groups excluding carboxylic acids is 2.